The first-order chi connectivity index (χ1) is 15.3. The molecule has 0 amide bonds. The van der Waals surface area contributed by atoms with Crippen molar-refractivity contribution in [3.8, 4) is 22.6 Å². The van der Waals surface area contributed by atoms with Gasteiger partial charge in [0, 0.05) is 16.5 Å². The molecule has 1 heterocycles. The van der Waals surface area contributed by atoms with Gasteiger partial charge < -0.3 is 4.74 Å². The van der Waals surface area contributed by atoms with Crippen molar-refractivity contribution in [2.75, 3.05) is 0 Å². The van der Waals surface area contributed by atoms with Crippen LogP contribution in [0.2, 0.25) is 5.02 Å². The molecule has 7 rings (SSSR count). The maximum atomic E-state index is 7.02. The summed E-state index contributed by atoms with van der Waals surface area (Å²) >= 11 is 7.02. The molecule has 0 saturated heterocycles. The van der Waals surface area contributed by atoms with Crippen LogP contribution in [-0.2, 0) is 5.41 Å². The van der Waals surface area contributed by atoms with Crippen LogP contribution in [0.4, 0.5) is 0 Å². The summed E-state index contributed by atoms with van der Waals surface area (Å²) < 4.78 is 6.50. The van der Waals surface area contributed by atoms with Gasteiger partial charge in [0.25, 0.3) is 0 Å². The summed E-state index contributed by atoms with van der Waals surface area (Å²) in [5.74, 6) is 1.62. The van der Waals surface area contributed by atoms with Crippen LogP contribution in [0.25, 0.3) is 21.9 Å². The average molecular weight is 417 g/mol. The standard InChI is InChI=1S/C29H17ClO/c30-27-19-10-2-1-9-18(19)17-25-28(27)31-26-16-8-7-15-24(26)29(25)22-13-5-3-11-20(22)21-12-4-6-14-23(21)29/h1-17H. The van der Waals surface area contributed by atoms with Crippen LogP contribution < -0.4 is 4.74 Å². The van der Waals surface area contributed by atoms with Gasteiger partial charge in [0.1, 0.15) is 5.75 Å². The van der Waals surface area contributed by atoms with Gasteiger partial charge in [-0.1, -0.05) is 103 Å². The smallest absolute Gasteiger partial charge is 0.151 e. The van der Waals surface area contributed by atoms with E-state index in [-0.39, 0.29) is 0 Å². The molecular weight excluding hydrogens is 400 g/mol. The molecule has 31 heavy (non-hydrogen) atoms. The second kappa shape index (κ2) is 6.00. The lowest BCUT2D eigenvalue weighted by Crippen LogP contribution is -2.32. The minimum atomic E-state index is -0.467. The van der Waals surface area contributed by atoms with E-state index >= 15 is 0 Å². The highest BCUT2D eigenvalue weighted by atomic mass is 35.5. The largest absolute Gasteiger partial charge is 0.455 e. The molecule has 0 aromatic heterocycles. The number of fused-ring (bicyclic) bond motifs is 10. The SMILES string of the molecule is Clc1c2c(cc3ccccc13)C1(c3ccccc3O2)c2ccccc2-c2ccccc21. The molecule has 0 unspecified atom stereocenters. The van der Waals surface area contributed by atoms with Gasteiger partial charge in [0.05, 0.1) is 10.4 Å². The summed E-state index contributed by atoms with van der Waals surface area (Å²) in [5.41, 5.74) is 6.89. The Balaban J connectivity index is 1.74. The van der Waals surface area contributed by atoms with Crippen molar-refractivity contribution < 1.29 is 4.74 Å². The lowest BCUT2D eigenvalue weighted by molar-refractivity contribution is 0.437. The molecule has 1 nitrogen and oxygen atoms in total. The molecule has 5 aromatic rings. The fourth-order valence-electron chi connectivity index (χ4n) is 5.60. The van der Waals surface area contributed by atoms with Crippen molar-refractivity contribution >= 4 is 22.4 Å². The highest BCUT2D eigenvalue weighted by Crippen LogP contribution is 2.63. The summed E-state index contributed by atoms with van der Waals surface area (Å²) in [6.45, 7) is 0. The Morgan fingerprint density at radius 3 is 1.90 bits per heavy atom. The summed E-state index contributed by atoms with van der Waals surface area (Å²) in [4.78, 5) is 0. The Labute approximate surface area is 185 Å². The molecule has 2 heteroatoms. The van der Waals surface area contributed by atoms with E-state index in [9.17, 15) is 0 Å². The minimum absolute atomic E-state index is 0.467. The summed E-state index contributed by atoms with van der Waals surface area (Å²) in [6, 6.07) is 36.4. The number of ether oxygens (including phenoxy) is 1. The van der Waals surface area contributed by atoms with Gasteiger partial charge in [0.2, 0.25) is 0 Å². The number of para-hydroxylation sites is 1. The van der Waals surface area contributed by atoms with Crippen LogP contribution in [0.15, 0.2) is 103 Å². The van der Waals surface area contributed by atoms with E-state index < -0.39 is 5.41 Å². The van der Waals surface area contributed by atoms with Crippen LogP contribution in [0.3, 0.4) is 0 Å². The van der Waals surface area contributed by atoms with Crippen molar-refractivity contribution in [3.63, 3.8) is 0 Å². The number of hydrogen-bond acceptors (Lipinski definition) is 1. The molecule has 1 aliphatic heterocycles. The molecule has 0 bridgehead atoms. The lowest BCUT2D eigenvalue weighted by Gasteiger charge is -2.40. The van der Waals surface area contributed by atoms with E-state index in [0.29, 0.717) is 5.02 Å². The summed E-state index contributed by atoms with van der Waals surface area (Å²) in [7, 11) is 0. The van der Waals surface area contributed by atoms with Gasteiger partial charge in [-0.3, -0.25) is 0 Å². The van der Waals surface area contributed by atoms with E-state index in [4.69, 9.17) is 16.3 Å². The number of benzene rings is 5. The Hall–Kier alpha value is -3.55. The van der Waals surface area contributed by atoms with Gasteiger partial charge in [-0.05, 0) is 39.8 Å². The first-order valence-electron chi connectivity index (χ1n) is 10.5. The van der Waals surface area contributed by atoms with E-state index in [1.54, 1.807) is 0 Å². The first-order valence-corrected chi connectivity index (χ1v) is 10.9. The Bertz CT molecular complexity index is 1490. The van der Waals surface area contributed by atoms with Crippen LogP contribution in [0, 0.1) is 0 Å². The molecule has 1 aliphatic carbocycles. The monoisotopic (exact) mass is 416 g/mol. The average Bonchev–Trinajstić information content (AvgIpc) is 3.12. The zero-order valence-corrected chi connectivity index (χ0v) is 17.4. The molecule has 0 saturated carbocycles. The zero-order chi connectivity index (χ0) is 20.6. The summed E-state index contributed by atoms with van der Waals surface area (Å²) in [5, 5.41) is 2.80. The highest BCUT2D eigenvalue weighted by molar-refractivity contribution is 6.37. The molecule has 1 spiro atoms. The Kier molecular flexibility index (Phi) is 3.32. The van der Waals surface area contributed by atoms with E-state index in [1.807, 2.05) is 12.1 Å². The predicted molar refractivity (Wildman–Crippen MR) is 126 cm³/mol. The quantitative estimate of drug-likeness (QED) is 0.243. The van der Waals surface area contributed by atoms with Gasteiger partial charge >= 0.3 is 0 Å². The molecule has 5 aromatic carbocycles. The third-order valence-electron chi connectivity index (χ3n) is 6.80. The second-order valence-corrected chi connectivity index (χ2v) is 8.61. The molecule has 0 fully saturated rings. The molecule has 2 aliphatic rings. The number of rotatable bonds is 0. The maximum absolute atomic E-state index is 7.02. The fourth-order valence-corrected chi connectivity index (χ4v) is 5.91. The lowest BCUT2D eigenvalue weighted by atomic mass is 9.66. The Morgan fingerprint density at radius 1 is 0.581 bits per heavy atom. The van der Waals surface area contributed by atoms with Crippen LogP contribution in [0.5, 0.6) is 11.5 Å². The third kappa shape index (κ3) is 2.02. The fraction of sp³-hybridized carbons (Fsp3) is 0.0345. The normalized spacial score (nSPS) is 14.5. The third-order valence-corrected chi connectivity index (χ3v) is 7.18. The van der Waals surface area contributed by atoms with Crippen LogP contribution in [0.1, 0.15) is 22.3 Å². The topological polar surface area (TPSA) is 9.23 Å². The van der Waals surface area contributed by atoms with Crippen molar-refractivity contribution in [1.29, 1.82) is 0 Å². The number of halogens is 1. The predicted octanol–water partition coefficient (Wildman–Crippen LogP) is 7.96. The van der Waals surface area contributed by atoms with Crippen molar-refractivity contribution in [2.45, 2.75) is 5.41 Å². The van der Waals surface area contributed by atoms with Crippen LogP contribution >= 0.6 is 11.6 Å². The highest BCUT2D eigenvalue weighted by Gasteiger charge is 2.51. The first kappa shape index (κ1) is 17.2. The minimum Gasteiger partial charge on any atom is -0.455 e. The zero-order valence-electron chi connectivity index (χ0n) is 16.6. The van der Waals surface area contributed by atoms with Gasteiger partial charge in [0.15, 0.2) is 5.75 Å². The number of hydrogen-bond donors (Lipinski definition) is 0. The molecule has 0 radical (unpaired) electrons. The van der Waals surface area contributed by atoms with Crippen molar-refractivity contribution in [1.82, 2.24) is 0 Å². The van der Waals surface area contributed by atoms with Crippen LogP contribution in [-0.4, -0.2) is 0 Å². The Morgan fingerprint density at radius 2 is 1.16 bits per heavy atom. The summed E-state index contributed by atoms with van der Waals surface area (Å²) in [6.07, 6.45) is 0. The van der Waals surface area contributed by atoms with Gasteiger partial charge in [-0.25, -0.2) is 0 Å². The van der Waals surface area contributed by atoms with Crippen molar-refractivity contribution in [2.24, 2.45) is 0 Å². The van der Waals surface area contributed by atoms with E-state index in [1.165, 1.54) is 22.3 Å². The van der Waals surface area contributed by atoms with E-state index in [0.717, 1.165) is 33.4 Å². The van der Waals surface area contributed by atoms with Gasteiger partial charge in [-0.2, -0.15) is 0 Å². The molecule has 146 valence electrons. The molecular formula is C29H17ClO. The van der Waals surface area contributed by atoms with Gasteiger partial charge in [-0.15, -0.1) is 0 Å². The molecule has 0 atom stereocenters. The molecule has 0 N–H and O–H groups in total. The van der Waals surface area contributed by atoms with Crippen molar-refractivity contribution in [3.05, 3.63) is 130 Å². The maximum Gasteiger partial charge on any atom is 0.151 e. The van der Waals surface area contributed by atoms with E-state index in [2.05, 4.69) is 91.0 Å². The second-order valence-electron chi connectivity index (χ2n) is 8.23.